The van der Waals surface area contributed by atoms with Crippen molar-refractivity contribution in [3.63, 3.8) is 0 Å². The van der Waals surface area contributed by atoms with Crippen LogP contribution in [0, 0.1) is 0 Å². The Morgan fingerprint density at radius 2 is 2.03 bits per heavy atom. The second-order valence-corrected chi connectivity index (χ2v) is 7.61. The zero-order valence-electron chi connectivity index (χ0n) is 16.9. The fourth-order valence-corrected chi connectivity index (χ4v) is 3.39. The third-order valence-electron chi connectivity index (χ3n) is 5.22. The lowest BCUT2D eigenvalue weighted by Crippen LogP contribution is -2.25. The largest absolute Gasteiger partial charge is 0.363 e. The SMILES string of the molecule is CN1C(=O)CCCn2nc(C3CC3)cc21.NC(=O)c1n[nH]c(Cc2ccccc2)n1. The predicted octanol–water partition coefficient (Wildman–Crippen LogP) is 2.01. The highest BCUT2D eigenvalue weighted by molar-refractivity contribution is 5.92. The number of benzene rings is 1. The summed E-state index contributed by atoms with van der Waals surface area (Å²) in [7, 11) is 1.85. The number of carbonyl (C=O) groups is 2. The van der Waals surface area contributed by atoms with Crippen molar-refractivity contribution in [2.24, 2.45) is 5.73 Å². The Kier molecular flexibility index (Phi) is 5.60. The van der Waals surface area contributed by atoms with Crippen molar-refractivity contribution in [3.8, 4) is 0 Å². The van der Waals surface area contributed by atoms with Crippen LogP contribution >= 0.6 is 0 Å². The van der Waals surface area contributed by atoms with Gasteiger partial charge in [-0.15, -0.1) is 5.10 Å². The molecule has 1 aliphatic heterocycles. The fraction of sp³-hybridized carbons (Fsp3) is 0.381. The molecule has 2 aromatic heterocycles. The molecule has 1 aliphatic carbocycles. The van der Waals surface area contributed by atoms with Gasteiger partial charge in [-0.1, -0.05) is 30.3 Å². The zero-order valence-corrected chi connectivity index (χ0v) is 16.9. The number of amides is 2. The first kappa shape index (κ1) is 19.8. The average molecular weight is 407 g/mol. The number of hydrogen-bond donors (Lipinski definition) is 2. The number of rotatable bonds is 4. The molecule has 3 aromatic rings. The van der Waals surface area contributed by atoms with Gasteiger partial charge in [-0.3, -0.25) is 14.7 Å². The normalized spacial score (nSPS) is 15.8. The Balaban J connectivity index is 0.000000145. The van der Waals surface area contributed by atoms with E-state index in [0.29, 0.717) is 24.6 Å². The lowest BCUT2D eigenvalue weighted by atomic mass is 10.1. The molecule has 2 amide bonds. The number of nitrogens with zero attached hydrogens (tertiary/aromatic N) is 5. The summed E-state index contributed by atoms with van der Waals surface area (Å²) in [6.45, 7) is 0.873. The molecule has 0 spiro atoms. The summed E-state index contributed by atoms with van der Waals surface area (Å²) in [4.78, 5) is 28.1. The van der Waals surface area contributed by atoms with Crippen LogP contribution in [0.4, 0.5) is 5.82 Å². The van der Waals surface area contributed by atoms with E-state index in [0.717, 1.165) is 24.3 Å². The maximum atomic E-state index is 11.7. The molecule has 1 fully saturated rings. The van der Waals surface area contributed by atoms with Crippen molar-refractivity contribution < 1.29 is 9.59 Å². The molecule has 3 N–H and O–H groups in total. The van der Waals surface area contributed by atoms with Crippen LogP contribution < -0.4 is 10.6 Å². The van der Waals surface area contributed by atoms with Gasteiger partial charge in [0.2, 0.25) is 11.7 Å². The Hall–Kier alpha value is -3.49. The van der Waals surface area contributed by atoms with Gasteiger partial charge in [0.15, 0.2) is 0 Å². The summed E-state index contributed by atoms with van der Waals surface area (Å²) >= 11 is 0. The van der Waals surface area contributed by atoms with E-state index in [1.54, 1.807) is 4.90 Å². The van der Waals surface area contributed by atoms with E-state index in [4.69, 9.17) is 5.73 Å². The molecular formula is C21H25N7O2. The third-order valence-corrected chi connectivity index (χ3v) is 5.22. The van der Waals surface area contributed by atoms with Crippen LogP contribution in [-0.4, -0.2) is 43.8 Å². The summed E-state index contributed by atoms with van der Waals surface area (Å²) in [6.07, 6.45) is 4.67. The molecule has 9 heteroatoms. The van der Waals surface area contributed by atoms with E-state index >= 15 is 0 Å². The van der Waals surface area contributed by atoms with Crippen molar-refractivity contribution in [1.29, 1.82) is 0 Å². The lowest BCUT2D eigenvalue weighted by molar-refractivity contribution is -0.118. The van der Waals surface area contributed by atoms with Crippen LogP contribution in [-0.2, 0) is 17.8 Å². The Morgan fingerprint density at radius 1 is 1.27 bits per heavy atom. The van der Waals surface area contributed by atoms with Gasteiger partial charge in [0.05, 0.1) is 5.69 Å². The number of primary amides is 1. The smallest absolute Gasteiger partial charge is 0.288 e. The van der Waals surface area contributed by atoms with Crippen LogP contribution in [0.15, 0.2) is 36.4 Å². The number of anilines is 1. The first-order valence-corrected chi connectivity index (χ1v) is 10.1. The number of nitrogens with one attached hydrogen (secondary N) is 1. The van der Waals surface area contributed by atoms with Crippen molar-refractivity contribution in [1.82, 2.24) is 25.0 Å². The van der Waals surface area contributed by atoms with Gasteiger partial charge in [-0.05, 0) is 24.8 Å². The highest BCUT2D eigenvalue weighted by atomic mass is 16.2. The second-order valence-electron chi connectivity index (χ2n) is 7.61. The quantitative estimate of drug-likeness (QED) is 0.685. The van der Waals surface area contributed by atoms with Gasteiger partial charge in [-0.25, -0.2) is 9.67 Å². The predicted molar refractivity (Wildman–Crippen MR) is 111 cm³/mol. The maximum absolute atomic E-state index is 11.7. The van der Waals surface area contributed by atoms with Gasteiger partial charge < -0.3 is 10.6 Å². The number of H-pyrrole nitrogens is 1. The summed E-state index contributed by atoms with van der Waals surface area (Å²) in [5.74, 6) is 1.88. The summed E-state index contributed by atoms with van der Waals surface area (Å²) in [6, 6.07) is 11.9. The molecule has 1 saturated carbocycles. The maximum Gasteiger partial charge on any atom is 0.288 e. The first-order valence-electron chi connectivity index (χ1n) is 10.1. The molecule has 156 valence electrons. The second kappa shape index (κ2) is 8.48. The van der Waals surface area contributed by atoms with Gasteiger partial charge in [0, 0.05) is 38.4 Å². The Labute approximate surface area is 174 Å². The summed E-state index contributed by atoms with van der Waals surface area (Å²) in [5.41, 5.74) is 7.31. The molecule has 3 heterocycles. The minimum Gasteiger partial charge on any atom is -0.363 e. The monoisotopic (exact) mass is 407 g/mol. The van der Waals surface area contributed by atoms with E-state index in [2.05, 4.69) is 26.3 Å². The van der Waals surface area contributed by atoms with Gasteiger partial charge in [-0.2, -0.15) is 5.10 Å². The zero-order chi connectivity index (χ0) is 21.1. The molecular weight excluding hydrogens is 382 g/mol. The lowest BCUT2D eigenvalue weighted by Gasteiger charge is -2.13. The van der Waals surface area contributed by atoms with Crippen LogP contribution in [0.25, 0.3) is 0 Å². The fourth-order valence-electron chi connectivity index (χ4n) is 3.39. The van der Waals surface area contributed by atoms with Crippen molar-refractivity contribution in [2.75, 3.05) is 11.9 Å². The summed E-state index contributed by atoms with van der Waals surface area (Å²) in [5, 5.41) is 11.0. The van der Waals surface area contributed by atoms with Crippen molar-refractivity contribution in [3.05, 3.63) is 59.3 Å². The molecule has 0 saturated heterocycles. The average Bonchev–Trinajstić information content (AvgIpc) is 3.37. The molecule has 2 aliphatic rings. The van der Waals surface area contributed by atoms with Gasteiger partial charge in [0.25, 0.3) is 5.91 Å². The molecule has 1 aromatic carbocycles. The highest BCUT2D eigenvalue weighted by Gasteiger charge is 2.29. The number of hydrogen-bond acceptors (Lipinski definition) is 5. The van der Waals surface area contributed by atoms with Crippen LogP contribution in [0.2, 0.25) is 0 Å². The number of nitrogens with two attached hydrogens (primary N) is 1. The number of aromatic nitrogens is 5. The number of aryl methyl sites for hydroxylation is 1. The standard InChI is InChI=1S/C11H15N3O.C10H10N4O/c1-13-10-7-9(8-4-5-8)12-14(10)6-2-3-11(13)15;11-9(15)10-12-8(13-14-10)6-7-4-2-1-3-5-7/h7-8H,2-6H2,1H3;1-5H,6H2,(H2,11,15)(H,12,13,14). The molecule has 0 unspecified atom stereocenters. The molecule has 0 radical (unpaired) electrons. The van der Waals surface area contributed by atoms with Crippen LogP contribution in [0.1, 0.15) is 59.3 Å². The minimum absolute atomic E-state index is 0.0286. The van der Waals surface area contributed by atoms with Crippen molar-refractivity contribution in [2.45, 2.75) is 44.6 Å². The molecule has 5 rings (SSSR count). The van der Waals surface area contributed by atoms with E-state index in [9.17, 15) is 9.59 Å². The highest BCUT2D eigenvalue weighted by Crippen LogP contribution is 2.40. The van der Waals surface area contributed by atoms with E-state index in [-0.39, 0.29) is 11.7 Å². The van der Waals surface area contributed by atoms with Crippen molar-refractivity contribution >= 4 is 17.6 Å². The minimum atomic E-state index is -0.620. The molecule has 0 bridgehead atoms. The molecule has 0 atom stereocenters. The van der Waals surface area contributed by atoms with Crippen LogP contribution in [0.3, 0.4) is 0 Å². The van der Waals surface area contributed by atoms with E-state index < -0.39 is 5.91 Å². The third kappa shape index (κ3) is 4.56. The number of carbonyl (C=O) groups excluding carboxylic acids is 2. The van der Waals surface area contributed by atoms with E-state index in [1.165, 1.54) is 18.5 Å². The van der Waals surface area contributed by atoms with Crippen LogP contribution in [0.5, 0.6) is 0 Å². The Bertz CT molecular complexity index is 1040. The number of fused-ring (bicyclic) bond motifs is 1. The topological polar surface area (TPSA) is 123 Å². The molecule has 9 nitrogen and oxygen atoms in total. The number of aromatic amines is 1. The van der Waals surface area contributed by atoms with Gasteiger partial charge in [0.1, 0.15) is 11.6 Å². The van der Waals surface area contributed by atoms with E-state index in [1.807, 2.05) is 42.1 Å². The van der Waals surface area contributed by atoms with Gasteiger partial charge >= 0.3 is 0 Å². The molecule has 30 heavy (non-hydrogen) atoms. The first-order chi connectivity index (χ1) is 14.5. The summed E-state index contributed by atoms with van der Waals surface area (Å²) < 4.78 is 1.98. The Morgan fingerprint density at radius 3 is 2.70 bits per heavy atom.